The van der Waals surface area contributed by atoms with Crippen molar-refractivity contribution in [3.8, 4) is 26.9 Å². The zero-order chi connectivity index (χ0) is 83.1. The van der Waals surface area contributed by atoms with E-state index >= 15 is 0 Å². The Morgan fingerprint density at radius 2 is 1.06 bits per heavy atom. The number of hydrogen-bond donors (Lipinski definition) is 0. The van der Waals surface area contributed by atoms with Crippen LogP contribution in [0.5, 0.6) is 5.88 Å². The van der Waals surface area contributed by atoms with E-state index in [1.165, 1.54) is 72.0 Å². The van der Waals surface area contributed by atoms with Crippen molar-refractivity contribution in [3.05, 3.63) is 222 Å². The van der Waals surface area contributed by atoms with Gasteiger partial charge in [-0.2, -0.15) is 4.98 Å². The van der Waals surface area contributed by atoms with Gasteiger partial charge in [-0.05, 0) is 160 Å². The number of rotatable bonds is 11. The molecular formula is C90H115N5O9S6. The smallest absolute Gasteiger partial charge is 0.216 e. The van der Waals surface area contributed by atoms with Gasteiger partial charge < -0.3 is 4.74 Å². The molecule has 14 nitrogen and oxygen atoms in total. The lowest BCUT2D eigenvalue weighted by Gasteiger charge is -2.19. The maximum Gasteiger partial charge on any atom is 0.216 e. The van der Waals surface area contributed by atoms with Crippen LogP contribution in [0.4, 0.5) is 0 Å². The van der Waals surface area contributed by atoms with Gasteiger partial charge in [-0.3, -0.25) is 24.2 Å². The predicted octanol–water partition coefficient (Wildman–Crippen LogP) is 24.2. The molecule has 20 heteroatoms. The van der Waals surface area contributed by atoms with E-state index < -0.39 is 34.6 Å². The summed E-state index contributed by atoms with van der Waals surface area (Å²) in [5.41, 5.74) is 12.1. The van der Waals surface area contributed by atoms with E-state index in [-0.39, 0.29) is 44.8 Å². The molecule has 11 aromatic rings. The van der Waals surface area contributed by atoms with Gasteiger partial charge in [0.25, 0.3) is 0 Å². The Kier molecular flexibility index (Phi) is 31.9. The van der Waals surface area contributed by atoms with Crippen molar-refractivity contribution in [2.24, 2.45) is 21.7 Å². The Bertz CT molecular complexity index is 5170. The fourth-order valence-corrected chi connectivity index (χ4v) is 16.7. The van der Waals surface area contributed by atoms with Crippen LogP contribution in [0.25, 0.3) is 42.0 Å². The maximum absolute atomic E-state index is 12.4. The van der Waals surface area contributed by atoms with E-state index in [2.05, 4.69) is 115 Å². The van der Waals surface area contributed by atoms with Crippen molar-refractivity contribution in [3.63, 3.8) is 0 Å². The highest BCUT2D eigenvalue weighted by molar-refractivity contribution is 7.93. The molecule has 0 spiro atoms. The number of ketones is 4. The van der Waals surface area contributed by atoms with Gasteiger partial charge in [-0.1, -0.05) is 205 Å². The number of carbonyl (C=O) groups excluding carboxylic acids is 4. The average Bonchev–Trinajstić information content (AvgIpc) is 1.72. The van der Waals surface area contributed by atoms with E-state index in [9.17, 15) is 36.0 Å². The molecule has 110 heavy (non-hydrogen) atoms. The molecule has 11 rings (SSSR count). The summed E-state index contributed by atoms with van der Waals surface area (Å²) >= 11 is 6.51. The first kappa shape index (κ1) is 92.5. The van der Waals surface area contributed by atoms with Crippen molar-refractivity contribution in [2.45, 2.75) is 224 Å². The van der Waals surface area contributed by atoms with Crippen LogP contribution in [-0.2, 0) is 36.3 Å². The second-order valence-corrected chi connectivity index (χ2v) is 43.4. The Morgan fingerprint density at radius 1 is 0.491 bits per heavy atom. The molecular weight excluding hydrogens is 1490 g/mol. The van der Waals surface area contributed by atoms with Gasteiger partial charge in [0, 0.05) is 82.7 Å². The van der Waals surface area contributed by atoms with Crippen LogP contribution in [0.2, 0.25) is 0 Å². The first-order valence-electron chi connectivity index (χ1n) is 36.6. The van der Waals surface area contributed by atoms with Crippen LogP contribution in [-0.4, -0.2) is 81.5 Å². The average molecular weight is 1600 g/mol. The fraction of sp³-hybridized carbons (Fsp3) is 0.411. The number of aromatic nitrogens is 5. The molecule has 0 fully saturated rings. The zero-order valence-corrected chi connectivity index (χ0v) is 74.8. The number of nitrogens with zero attached hydrogens (tertiary/aromatic N) is 5. The van der Waals surface area contributed by atoms with Crippen LogP contribution < -0.4 is 4.74 Å². The van der Waals surface area contributed by atoms with Gasteiger partial charge in [0.1, 0.15) is 5.78 Å². The lowest BCUT2D eigenvalue weighted by Crippen LogP contribution is -2.27. The topological polar surface area (TPSA) is 210 Å². The number of thiazole rings is 2. The fourth-order valence-electron chi connectivity index (χ4n) is 9.95. The summed E-state index contributed by atoms with van der Waals surface area (Å²) in [6, 6.07) is 45.0. The molecule has 0 aliphatic heterocycles. The molecule has 0 saturated heterocycles. The van der Waals surface area contributed by atoms with Gasteiger partial charge >= 0.3 is 0 Å². The Balaban J connectivity index is 0.000000231. The molecule has 0 unspecified atom stereocenters. The summed E-state index contributed by atoms with van der Waals surface area (Å²) < 4.78 is 53.5. The lowest BCUT2D eigenvalue weighted by atomic mass is 9.86. The van der Waals surface area contributed by atoms with Crippen LogP contribution in [0, 0.1) is 63.2 Å². The molecule has 0 N–H and O–H groups in total. The van der Waals surface area contributed by atoms with Crippen molar-refractivity contribution in [1.82, 2.24) is 24.9 Å². The lowest BCUT2D eigenvalue weighted by molar-refractivity contribution is -0.126. The van der Waals surface area contributed by atoms with Crippen molar-refractivity contribution in [1.29, 1.82) is 0 Å². The Morgan fingerprint density at radius 3 is 1.57 bits per heavy atom. The van der Waals surface area contributed by atoms with Crippen LogP contribution in [0.3, 0.4) is 0 Å². The number of sulfone groups is 2. The number of ether oxygens (including phenoxy) is 1. The molecule has 0 atom stereocenters. The minimum atomic E-state index is -3.26. The third-order valence-electron chi connectivity index (χ3n) is 17.1. The zero-order valence-electron chi connectivity index (χ0n) is 69.9. The molecule has 6 heterocycles. The minimum Gasteiger partial charge on any atom is -0.481 e. The van der Waals surface area contributed by atoms with E-state index in [1.807, 2.05) is 183 Å². The highest BCUT2D eigenvalue weighted by Gasteiger charge is 2.33. The summed E-state index contributed by atoms with van der Waals surface area (Å²) in [6.45, 7) is 51.9. The SMILES string of the molecule is CC(C)(C)C(=O)c1ccc2ncccc2c1.COc1cc(C)nc(C(=O)C(C)(C)C)n1.Cc1c(-c2csc(C(C)(C)C)n2)sc2ccccc12.Cc1ccc(CCC(=O)C(C)(C)C)cc1.Cc1ccc(S(=O)(=O)C(C)(C)C)cc1.Cc1cccc(-c2cc(S(=O)(=O)C(C)(C)C)cs2)c1.Cc1ncsc1C(=O)C(C)(C)C. The van der Waals surface area contributed by atoms with Gasteiger partial charge in [0.15, 0.2) is 37.1 Å². The highest BCUT2D eigenvalue weighted by Crippen LogP contribution is 2.40. The minimum absolute atomic E-state index is 0.0792. The predicted molar refractivity (Wildman–Crippen MR) is 463 cm³/mol. The van der Waals surface area contributed by atoms with Gasteiger partial charge in [0.05, 0.1) is 63.6 Å². The molecule has 590 valence electrons. The van der Waals surface area contributed by atoms with Gasteiger partial charge in [-0.15, -0.1) is 45.3 Å². The van der Waals surface area contributed by atoms with E-state index in [1.54, 1.807) is 94.2 Å². The number of carbonyl (C=O) groups is 4. The van der Waals surface area contributed by atoms with E-state index in [4.69, 9.17) is 9.72 Å². The monoisotopic (exact) mass is 1600 g/mol. The molecule has 6 aromatic heterocycles. The summed E-state index contributed by atoms with van der Waals surface area (Å²) in [5, 5.41) is 7.50. The molecule has 0 radical (unpaired) electrons. The first-order valence-corrected chi connectivity index (χ1v) is 43.0. The summed E-state index contributed by atoms with van der Waals surface area (Å²) in [5.74, 6) is 1.25. The number of Topliss-reactive ketones (excluding diaryl/α,β-unsaturated/α-hetero) is 4. The number of hydrogen-bond acceptors (Lipinski definition) is 18. The number of fused-ring (bicyclic) bond motifs is 2. The quantitative estimate of drug-likeness (QED) is 0.110. The van der Waals surface area contributed by atoms with Crippen LogP contribution in [0.1, 0.15) is 227 Å². The molecule has 0 aliphatic rings. The number of pyridine rings is 1. The number of aryl methyl sites for hydroxylation is 7. The first-order chi connectivity index (χ1) is 50.6. The summed E-state index contributed by atoms with van der Waals surface area (Å²) in [4.78, 5) is 72.6. The van der Waals surface area contributed by atoms with E-state index in [0.29, 0.717) is 27.9 Å². The Hall–Kier alpha value is -8.11. The number of thiophene rings is 2. The summed E-state index contributed by atoms with van der Waals surface area (Å²) in [6.07, 6.45) is 3.26. The van der Waals surface area contributed by atoms with Crippen molar-refractivity contribution in [2.75, 3.05) is 7.11 Å². The van der Waals surface area contributed by atoms with Gasteiger partial charge in [0.2, 0.25) is 11.7 Å². The van der Waals surface area contributed by atoms with Crippen molar-refractivity contribution >= 4 is 109 Å². The normalized spacial score (nSPS) is 12.0. The van der Waals surface area contributed by atoms with Gasteiger partial charge in [-0.25, -0.2) is 31.8 Å². The third kappa shape index (κ3) is 26.5. The largest absolute Gasteiger partial charge is 0.481 e. The molecule has 5 aromatic carbocycles. The van der Waals surface area contributed by atoms with Crippen LogP contribution in [0.15, 0.2) is 172 Å². The third-order valence-corrected chi connectivity index (χ3v) is 26.6. The second kappa shape index (κ2) is 37.9. The molecule has 0 amide bonds. The van der Waals surface area contributed by atoms with E-state index in [0.717, 1.165) is 60.9 Å². The number of benzene rings is 5. The Labute approximate surface area is 672 Å². The molecule has 0 saturated carbocycles. The highest BCUT2D eigenvalue weighted by atomic mass is 32.2. The standard InChI is InChI=1S/C16H17NS2.C15H18O2S2.C14H15NO.C14H20O.C11H16N2O2.C11H16O2S.C9H13NOS/c1-10-11-7-5-6-8-13(11)19-14(10)12-9-18-15(17-12)16(2,3)4;1-11-6-5-7-12(8-11)14-9-13(10-18-14)19(16,17)15(2,3)4;1-14(2,3)13(16)11-6-7-12-10(9-11)5-4-8-15-12;1-11-5-7-12(8-6-11)9-10-13(15)14(2,3)4;1-7-6-8(15-5)13-10(12-7)9(14)11(2,3)4;1-9-5-7-10(8-6-9)14(12,13)11(2,3)4;1-6-7(12-5-10-6)8(11)9(2,3)4/h5-9H,1-4H3;5-10H,1-4H3;4-9H,1-3H3;5-8H,9-10H2,1-4H3;6H,1-5H3;5-8H,1-4H3;5H,1-4H3. The van der Waals surface area contributed by atoms with Crippen LogP contribution >= 0.6 is 45.3 Å². The molecule has 0 aliphatic carbocycles. The second-order valence-electron chi connectivity index (χ2n) is 34.4. The van der Waals surface area contributed by atoms with Crippen molar-refractivity contribution < 1.29 is 40.8 Å². The maximum atomic E-state index is 12.4. The number of methoxy groups -OCH3 is 1. The molecule has 0 bridgehead atoms. The summed E-state index contributed by atoms with van der Waals surface area (Å²) in [7, 11) is -4.94.